The van der Waals surface area contributed by atoms with E-state index in [4.69, 9.17) is 0 Å². The lowest BCUT2D eigenvalue weighted by molar-refractivity contribution is -0.133. The molecule has 2 aliphatic heterocycles. The van der Waals surface area contributed by atoms with Crippen LogP contribution in [0.3, 0.4) is 0 Å². The molecule has 0 spiro atoms. The van der Waals surface area contributed by atoms with E-state index >= 15 is 0 Å². The molecule has 7 rings (SSSR count). The normalized spacial score (nSPS) is 17.1. The van der Waals surface area contributed by atoms with Crippen molar-refractivity contribution in [2.24, 2.45) is 0 Å². The van der Waals surface area contributed by atoms with Crippen molar-refractivity contribution in [2.75, 3.05) is 27.3 Å². The molecule has 0 aliphatic carbocycles. The lowest BCUT2D eigenvalue weighted by atomic mass is 9.98. The summed E-state index contributed by atoms with van der Waals surface area (Å²) in [5.74, 6) is 1.09. The number of aromatic amines is 2. The predicted octanol–water partition coefficient (Wildman–Crippen LogP) is 9.43. The van der Waals surface area contributed by atoms with Crippen LogP contribution in [-0.4, -0.2) is 93.1 Å². The highest BCUT2D eigenvalue weighted by Gasteiger charge is 2.38. The van der Waals surface area contributed by atoms with Crippen molar-refractivity contribution in [3.8, 4) is 59.3 Å². The highest BCUT2D eigenvalue weighted by atomic mass is 16.5. The Morgan fingerprint density at radius 1 is 0.594 bits per heavy atom. The van der Waals surface area contributed by atoms with Gasteiger partial charge in [-0.05, 0) is 79.1 Å². The van der Waals surface area contributed by atoms with Gasteiger partial charge in [0.15, 0.2) is 0 Å². The summed E-state index contributed by atoms with van der Waals surface area (Å²) < 4.78 is 9.21. The molecule has 0 unspecified atom stereocenters. The molecule has 64 heavy (non-hydrogen) atoms. The molecule has 2 aliphatic rings. The number of likely N-dealkylation sites (tertiary alicyclic amines) is 2. The number of H-pyrrole nitrogens is 2. The predicted molar refractivity (Wildman–Crippen MR) is 254 cm³/mol. The molecule has 0 saturated carbocycles. The number of carbonyl (C=O) groups excluding carboxylic acids is 4. The summed E-state index contributed by atoms with van der Waals surface area (Å²) in [4.78, 5) is 68.8. The Balaban J connectivity index is 0.00000101. The molecule has 2 fully saturated rings. The van der Waals surface area contributed by atoms with Crippen LogP contribution in [0.1, 0.15) is 104 Å². The van der Waals surface area contributed by atoms with E-state index in [-0.39, 0.29) is 49.1 Å². The van der Waals surface area contributed by atoms with Gasteiger partial charge in [-0.2, -0.15) is 0 Å². The van der Waals surface area contributed by atoms with Crippen molar-refractivity contribution < 1.29 is 28.7 Å². The third-order valence-electron chi connectivity index (χ3n) is 10.6. The Morgan fingerprint density at radius 2 is 0.953 bits per heavy atom. The van der Waals surface area contributed by atoms with E-state index in [1.54, 1.807) is 16.0 Å². The molecule has 4 heterocycles. The van der Waals surface area contributed by atoms with Gasteiger partial charge in [-0.15, -0.1) is 25.7 Å². The number of benzene rings is 3. The molecule has 2 aromatic heterocycles. The summed E-state index contributed by atoms with van der Waals surface area (Å²) >= 11 is 0. The highest BCUT2D eigenvalue weighted by molar-refractivity contribution is 5.91. The van der Waals surface area contributed by atoms with Gasteiger partial charge in [0.1, 0.15) is 24.7 Å². The van der Waals surface area contributed by atoms with Crippen molar-refractivity contribution in [3.05, 3.63) is 84.7 Å². The number of hydrogen-bond donors (Lipinski definition) is 4. The lowest BCUT2D eigenvalue weighted by Gasteiger charge is -2.27. The third-order valence-corrected chi connectivity index (χ3v) is 10.6. The van der Waals surface area contributed by atoms with Crippen LogP contribution in [0.2, 0.25) is 0 Å². The number of alkyl carbamates (subject to hydrolysis) is 2. The van der Waals surface area contributed by atoms with Crippen LogP contribution in [0.25, 0.3) is 44.4 Å². The Bertz CT molecular complexity index is 2300. The second-order valence-corrected chi connectivity index (χ2v) is 15.3. The van der Waals surface area contributed by atoms with Crippen molar-refractivity contribution in [3.63, 3.8) is 0 Å². The van der Waals surface area contributed by atoms with Crippen molar-refractivity contribution in [2.45, 2.75) is 104 Å². The minimum atomic E-state index is -0.638. The fraction of sp³-hybridized carbons (Fsp3) is 0.400. The minimum absolute atomic E-state index is 0.0281. The van der Waals surface area contributed by atoms with E-state index in [9.17, 15) is 19.2 Å². The zero-order valence-electron chi connectivity index (χ0n) is 38.4. The minimum Gasteiger partial charge on any atom is -0.453 e. The average molecular weight is 873 g/mol. The van der Waals surface area contributed by atoms with Crippen LogP contribution in [0.15, 0.2) is 73.1 Å². The van der Waals surface area contributed by atoms with Gasteiger partial charge < -0.3 is 39.9 Å². The first-order valence-electron chi connectivity index (χ1n) is 21.6. The SMILES string of the molecule is C#C.C#C.CCC.CCC.COC(=O)NCC(=O)N1[C@@H](C)CC[C@H]1c1ncc(-c2ccc(-c3ccc4cc(-c5cnc([C@@H]6CC[C@H](C)N6C(=O)CNC(=O)OC)[nH]5)ccc4c3)cc2)[nH]1. The fourth-order valence-electron chi connectivity index (χ4n) is 7.71. The summed E-state index contributed by atoms with van der Waals surface area (Å²) in [6, 6.07) is 20.7. The third kappa shape index (κ3) is 13.0. The van der Waals surface area contributed by atoms with E-state index in [1.165, 1.54) is 27.1 Å². The molecular formula is C50H64N8O6. The number of nitrogens with zero attached hydrogens (tertiary/aromatic N) is 4. The number of amides is 4. The number of aromatic nitrogens is 4. The maximum atomic E-state index is 13.0. The summed E-state index contributed by atoms with van der Waals surface area (Å²) in [6.07, 6.45) is 24.1. The molecule has 4 N–H and O–H groups in total. The number of ether oxygens (including phenoxy) is 2. The Labute approximate surface area is 378 Å². The topological polar surface area (TPSA) is 175 Å². The first kappa shape index (κ1) is 51.3. The van der Waals surface area contributed by atoms with E-state index in [0.717, 1.165) is 81.7 Å². The van der Waals surface area contributed by atoms with E-state index in [0.29, 0.717) is 0 Å². The number of imidazole rings is 2. The molecule has 4 atom stereocenters. The van der Waals surface area contributed by atoms with Gasteiger partial charge in [-0.3, -0.25) is 9.59 Å². The highest BCUT2D eigenvalue weighted by Crippen LogP contribution is 2.37. The largest absolute Gasteiger partial charge is 0.453 e. The smallest absolute Gasteiger partial charge is 0.407 e. The van der Waals surface area contributed by atoms with Crippen molar-refractivity contribution in [1.29, 1.82) is 0 Å². The standard InChI is InChI=1S/C40H44N8O6.2C3H8.2C2H2/c1-23-5-15-33(47(23)35(49)21-43-39(51)53-3)37-41-19-31(45-37)26-9-7-25(8-10-26)27-11-12-29-18-30(14-13-28(29)17-27)32-20-42-38(46-32)34-16-6-24(2)48(34)36(50)22-44-40(52)54-4;2*1-3-2;2*1-2/h7-14,17-20,23-24,33-34H,5-6,15-16,21-22H2,1-4H3,(H,41,45)(H,42,46)(H,43,51)(H,44,52);2*3H2,1-2H3;2*1-2H/t23-,24-,33-,34-;;;;/m0..../s1. The number of rotatable bonds is 9. The number of nitrogens with one attached hydrogen (secondary N) is 4. The molecule has 14 heteroatoms. The van der Waals surface area contributed by atoms with Gasteiger partial charge in [0.05, 0.1) is 50.1 Å². The van der Waals surface area contributed by atoms with Crippen molar-refractivity contribution >= 4 is 34.8 Å². The number of carbonyl (C=O) groups is 4. The van der Waals surface area contributed by atoms with E-state index in [1.807, 2.05) is 20.0 Å². The first-order valence-corrected chi connectivity index (χ1v) is 21.6. The van der Waals surface area contributed by atoms with Gasteiger partial charge in [0.2, 0.25) is 11.8 Å². The van der Waals surface area contributed by atoms with Gasteiger partial charge in [0, 0.05) is 17.6 Å². The maximum absolute atomic E-state index is 13.0. The zero-order valence-corrected chi connectivity index (χ0v) is 38.4. The molecule has 0 bridgehead atoms. The van der Waals surface area contributed by atoms with Gasteiger partial charge >= 0.3 is 12.2 Å². The molecule has 5 aromatic rings. The van der Waals surface area contributed by atoms with Crippen LogP contribution < -0.4 is 10.6 Å². The second-order valence-electron chi connectivity index (χ2n) is 15.3. The summed E-state index contributed by atoms with van der Waals surface area (Å²) in [5, 5.41) is 7.16. The quantitative estimate of drug-likeness (QED) is 0.106. The molecule has 4 amide bonds. The molecule has 0 radical (unpaired) electrons. The zero-order chi connectivity index (χ0) is 47.3. The van der Waals surface area contributed by atoms with Crippen molar-refractivity contribution in [1.82, 2.24) is 40.4 Å². The van der Waals surface area contributed by atoms with E-state index < -0.39 is 12.2 Å². The number of methoxy groups -OCH3 is 2. The van der Waals surface area contributed by atoms with Gasteiger partial charge in [-0.1, -0.05) is 89.1 Å². The molecule has 2 saturated heterocycles. The van der Waals surface area contributed by atoms with Gasteiger partial charge in [-0.25, -0.2) is 19.6 Å². The van der Waals surface area contributed by atoms with Crippen LogP contribution >= 0.6 is 0 Å². The fourth-order valence-corrected chi connectivity index (χ4v) is 7.71. The average Bonchev–Trinajstić information content (AvgIpc) is 4.16. The second kappa shape index (κ2) is 25.8. The number of terminal acetylenes is 2. The maximum Gasteiger partial charge on any atom is 0.407 e. The summed E-state index contributed by atoms with van der Waals surface area (Å²) in [5.41, 5.74) is 5.87. The van der Waals surface area contributed by atoms with Crippen LogP contribution in [-0.2, 0) is 19.1 Å². The Morgan fingerprint density at radius 3 is 1.38 bits per heavy atom. The molecular weight excluding hydrogens is 809 g/mol. The first-order chi connectivity index (χ1) is 31.0. The number of hydrogen-bond acceptors (Lipinski definition) is 8. The van der Waals surface area contributed by atoms with Crippen LogP contribution in [0.5, 0.6) is 0 Å². The Hall–Kier alpha value is -7.06. The molecule has 3 aromatic carbocycles. The lowest BCUT2D eigenvalue weighted by Crippen LogP contribution is -2.43. The summed E-state index contributed by atoms with van der Waals surface area (Å²) in [7, 11) is 2.54. The molecule has 14 nitrogen and oxygen atoms in total. The molecule has 340 valence electrons. The van der Waals surface area contributed by atoms with Gasteiger partial charge in [0.25, 0.3) is 0 Å². The van der Waals surface area contributed by atoms with E-state index in [2.05, 4.69) is 154 Å². The number of fused-ring (bicyclic) bond motifs is 1. The van der Waals surface area contributed by atoms with Crippen LogP contribution in [0.4, 0.5) is 9.59 Å². The summed E-state index contributed by atoms with van der Waals surface area (Å²) in [6.45, 7) is 12.3. The van der Waals surface area contributed by atoms with Crippen LogP contribution in [0, 0.1) is 25.7 Å². The monoisotopic (exact) mass is 872 g/mol. The Kier molecular flexibility index (Phi) is 20.7.